The summed E-state index contributed by atoms with van der Waals surface area (Å²) in [5.74, 6) is 1.71. The van der Waals surface area contributed by atoms with Crippen molar-refractivity contribution in [3.05, 3.63) is 46.8 Å². The Morgan fingerprint density at radius 3 is 2.56 bits per heavy atom. The first-order valence-corrected chi connectivity index (χ1v) is 9.65. The van der Waals surface area contributed by atoms with E-state index in [1.807, 2.05) is 26.0 Å². The first-order chi connectivity index (χ1) is 13.1. The molecule has 0 aliphatic carbocycles. The van der Waals surface area contributed by atoms with Gasteiger partial charge in [0.15, 0.2) is 0 Å². The molecule has 27 heavy (non-hydrogen) atoms. The van der Waals surface area contributed by atoms with Crippen molar-refractivity contribution in [1.82, 2.24) is 15.4 Å². The molecule has 0 radical (unpaired) electrons. The van der Waals surface area contributed by atoms with Crippen LogP contribution in [-0.2, 0) is 11.2 Å². The van der Waals surface area contributed by atoms with E-state index in [9.17, 15) is 4.79 Å². The molecule has 6 heteroatoms. The Morgan fingerprint density at radius 1 is 1.26 bits per heavy atom. The van der Waals surface area contributed by atoms with Crippen LogP contribution in [0.5, 0.6) is 5.75 Å². The number of aryl methyl sites for hydroxylation is 2. The van der Waals surface area contributed by atoms with Crippen molar-refractivity contribution in [3.8, 4) is 5.75 Å². The van der Waals surface area contributed by atoms with E-state index in [0.29, 0.717) is 19.4 Å². The summed E-state index contributed by atoms with van der Waals surface area (Å²) in [5.41, 5.74) is 3.12. The Morgan fingerprint density at radius 2 is 1.96 bits per heavy atom. The molecule has 1 saturated heterocycles. The fourth-order valence-electron chi connectivity index (χ4n) is 3.73. The number of benzene rings is 1. The van der Waals surface area contributed by atoms with Crippen molar-refractivity contribution in [3.63, 3.8) is 0 Å². The molecule has 3 rings (SSSR count). The number of hydrogen-bond acceptors (Lipinski definition) is 5. The smallest absolute Gasteiger partial charge is 0.220 e. The summed E-state index contributed by atoms with van der Waals surface area (Å²) < 4.78 is 10.4. The summed E-state index contributed by atoms with van der Waals surface area (Å²) in [5, 5.41) is 7.08. The molecule has 0 spiro atoms. The van der Waals surface area contributed by atoms with Gasteiger partial charge in [-0.05, 0) is 63.9 Å². The minimum Gasteiger partial charge on any atom is -0.497 e. The number of carbonyl (C=O) groups excluding carboxylic acids is 1. The minimum absolute atomic E-state index is 0.0627. The second-order valence-electron chi connectivity index (χ2n) is 7.14. The number of methoxy groups -OCH3 is 1. The zero-order chi connectivity index (χ0) is 19.2. The molecule has 0 saturated carbocycles. The third kappa shape index (κ3) is 4.89. The Labute approximate surface area is 160 Å². The van der Waals surface area contributed by atoms with Crippen LogP contribution in [0.25, 0.3) is 0 Å². The van der Waals surface area contributed by atoms with Gasteiger partial charge in [0, 0.05) is 18.5 Å². The van der Waals surface area contributed by atoms with E-state index in [0.717, 1.165) is 35.9 Å². The predicted molar refractivity (Wildman–Crippen MR) is 104 cm³/mol. The van der Waals surface area contributed by atoms with Crippen LogP contribution in [0.2, 0.25) is 0 Å². The summed E-state index contributed by atoms with van der Waals surface area (Å²) in [7, 11) is 1.67. The fourth-order valence-corrected chi connectivity index (χ4v) is 3.73. The maximum absolute atomic E-state index is 12.4. The van der Waals surface area contributed by atoms with Crippen LogP contribution < -0.4 is 10.1 Å². The van der Waals surface area contributed by atoms with Gasteiger partial charge in [0.1, 0.15) is 11.5 Å². The fraction of sp³-hybridized carbons (Fsp3) is 0.524. The van der Waals surface area contributed by atoms with Crippen LogP contribution in [0.1, 0.15) is 47.9 Å². The molecule has 1 aliphatic rings. The standard InChI is InChI=1S/C21H29N3O3/c1-15-19(16(2)27-23-15)10-11-21(25)22-14-20(24-12-4-5-13-24)17-6-8-18(26-3)9-7-17/h6-9,20H,4-5,10-14H2,1-3H3,(H,22,25). The molecule has 1 atom stereocenters. The van der Waals surface area contributed by atoms with E-state index in [2.05, 4.69) is 27.5 Å². The lowest BCUT2D eigenvalue weighted by atomic mass is 10.0. The highest BCUT2D eigenvalue weighted by Gasteiger charge is 2.24. The first-order valence-electron chi connectivity index (χ1n) is 9.65. The van der Waals surface area contributed by atoms with Gasteiger partial charge >= 0.3 is 0 Å². The van der Waals surface area contributed by atoms with Crippen molar-refractivity contribution < 1.29 is 14.1 Å². The zero-order valence-electron chi connectivity index (χ0n) is 16.5. The van der Waals surface area contributed by atoms with Crippen LogP contribution in [0.15, 0.2) is 28.8 Å². The third-order valence-electron chi connectivity index (χ3n) is 5.36. The number of ether oxygens (including phenoxy) is 1. The average molecular weight is 371 g/mol. The molecule has 1 unspecified atom stereocenters. The molecule has 1 N–H and O–H groups in total. The van der Waals surface area contributed by atoms with Gasteiger partial charge in [0.05, 0.1) is 18.8 Å². The normalized spacial score (nSPS) is 15.7. The number of amides is 1. The molecule has 146 valence electrons. The van der Waals surface area contributed by atoms with Crippen LogP contribution in [-0.4, -0.2) is 42.7 Å². The molecule has 0 bridgehead atoms. The first kappa shape index (κ1) is 19.4. The van der Waals surface area contributed by atoms with E-state index in [4.69, 9.17) is 9.26 Å². The van der Waals surface area contributed by atoms with E-state index in [1.54, 1.807) is 7.11 Å². The van der Waals surface area contributed by atoms with Crippen LogP contribution in [0.4, 0.5) is 0 Å². The van der Waals surface area contributed by atoms with Gasteiger partial charge in [-0.3, -0.25) is 9.69 Å². The van der Waals surface area contributed by atoms with Crippen LogP contribution >= 0.6 is 0 Å². The van der Waals surface area contributed by atoms with E-state index < -0.39 is 0 Å². The van der Waals surface area contributed by atoms with Gasteiger partial charge in [0.25, 0.3) is 0 Å². The number of nitrogens with zero attached hydrogens (tertiary/aromatic N) is 2. The van der Waals surface area contributed by atoms with Crippen LogP contribution in [0, 0.1) is 13.8 Å². The molecule has 2 aromatic rings. The second kappa shape index (κ2) is 9.04. The Bertz CT molecular complexity index is 729. The van der Waals surface area contributed by atoms with Crippen molar-refractivity contribution in [2.75, 3.05) is 26.7 Å². The Kier molecular flexibility index (Phi) is 6.50. The largest absolute Gasteiger partial charge is 0.497 e. The van der Waals surface area contributed by atoms with Crippen molar-refractivity contribution in [1.29, 1.82) is 0 Å². The highest BCUT2D eigenvalue weighted by Crippen LogP contribution is 2.26. The maximum atomic E-state index is 12.4. The molecule has 1 fully saturated rings. The van der Waals surface area contributed by atoms with Gasteiger partial charge in [-0.1, -0.05) is 17.3 Å². The summed E-state index contributed by atoms with van der Waals surface area (Å²) in [6.45, 7) is 6.57. The molecule has 6 nitrogen and oxygen atoms in total. The summed E-state index contributed by atoms with van der Waals surface area (Å²) in [4.78, 5) is 14.9. The zero-order valence-corrected chi connectivity index (χ0v) is 16.5. The number of likely N-dealkylation sites (tertiary alicyclic amines) is 1. The SMILES string of the molecule is COc1ccc(C(CNC(=O)CCc2c(C)noc2C)N2CCCC2)cc1. The molecule has 1 aromatic heterocycles. The Hall–Kier alpha value is -2.34. The topological polar surface area (TPSA) is 67.6 Å². The average Bonchev–Trinajstić information content (AvgIpc) is 3.31. The lowest BCUT2D eigenvalue weighted by molar-refractivity contribution is -0.121. The summed E-state index contributed by atoms with van der Waals surface area (Å²) in [6.07, 6.45) is 3.53. The van der Waals surface area contributed by atoms with Gasteiger partial charge in [-0.15, -0.1) is 0 Å². The van der Waals surface area contributed by atoms with Gasteiger partial charge < -0.3 is 14.6 Å². The molecule has 1 aromatic carbocycles. The number of carbonyl (C=O) groups is 1. The van der Waals surface area contributed by atoms with Crippen molar-refractivity contribution >= 4 is 5.91 Å². The second-order valence-corrected chi connectivity index (χ2v) is 7.14. The molecule has 1 amide bonds. The highest BCUT2D eigenvalue weighted by atomic mass is 16.5. The van der Waals surface area contributed by atoms with E-state index >= 15 is 0 Å². The highest BCUT2D eigenvalue weighted by molar-refractivity contribution is 5.76. The lowest BCUT2D eigenvalue weighted by Gasteiger charge is -2.28. The van der Waals surface area contributed by atoms with E-state index in [1.165, 1.54) is 18.4 Å². The molecular weight excluding hydrogens is 342 g/mol. The number of aromatic nitrogens is 1. The molecular formula is C21H29N3O3. The minimum atomic E-state index is 0.0627. The Balaban J connectivity index is 1.59. The van der Waals surface area contributed by atoms with Gasteiger partial charge in [0.2, 0.25) is 5.91 Å². The summed E-state index contributed by atoms with van der Waals surface area (Å²) >= 11 is 0. The summed E-state index contributed by atoms with van der Waals surface area (Å²) in [6, 6.07) is 8.35. The van der Waals surface area contributed by atoms with Crippen LogP contribution in [0.3, 0.4) is 0 Å². The maximum Gasteiger partial charge on any atom is 0.220 e. The van der Waals surface area contributed by atoms with Gasteiger partial charge in [-0.2, -0.15) is 0 Å². The van der Waals surface area contributed by atoms with Gasteiger partial charge in [-0.25, -0.2) is 0 Å². The quantitative estimate of drug-likeness (QED) is 0.772. The number of rotatable bonds is 8. The number of hydrogen-bond donors (Lipinski definition) is 1. The monoisotopic (exact) mass is 371 g/mol. The molecule has 2 heterocycles. The van der Waals surface area contributed by atoms with Crippen molar-refractivity contribution in [2.45, 2.75) is 45.6 Å². The number of nitrogens with one attached hydrogen (secondary N) is 1. The molecule has 1 aliphatic heterocycles. The predicted octanol–water partition coefficient (Wildman–Crippen LogP) is 3.19. The van der Waals surface area contributed by atoms with E-state index in [-0.39, 0.29) is 11.9 Å². The lowest BCUT2D eigenvalue weighted by Crippen LogP contribution is -2.36. The van der Waals surface area contributed by atoms with Crippen molar-refractivity contribution in [2.24, 2.45) is 0 Å². The third-order valence-corrected chi connectivity index (χ3v) is 5.36.